The fraction of sp³-hybridized carbons (Fsp3) is 0.182. The van der Waals surface area contributed by atoms with E-state index in [1.54, 1.807) is 19.4 Å². The average Bonchev–Trinajstić information content (AvgIpc) is 3.18. The number of aromatic amines is 1. The number of imidazole rings is 1. The Balaban J connectivity index is 1.52. The Morgan fingerprint density at radius 3 is 2.66 bits per heavy atom. The van der Waals surface area contributed by atoms with Gasteiger partial charge in [-0.05, 0) is 5.56 Å². The molecule has 10 heteroatoms. The summed E-state index contributed by atoms with van der Waals surface area (Å²) in [4.78, 5) is 11.7. The van der Waals surface area contributed by atoms with Crippen molar-refractivity contribution in [3.8, 4) is 17.2 Å². The van der Waals surface area contributed by atoms with Gasteiger partial charge in [0, 0.05) is 30.1 Å². The van der Waals surface area contributed by atoms with Gasteiger partial charge in [0.1, 0.15) is 6.61 Å². The molecule has 0 atom stereocenters. The molecule has 0 aliphatic carbocycles. The summed E-state index contributed by atoms with van der Waals surface area (Å²) < 4.78 is 54.4. The molecule has 0 fully saturated rings. The zero-order chi connectivity index (χ0) is 22.5. The molecule has 0 unspecified atom stereocenters. The first-order valence-electron chi connectivity index (χ1n) is 9.49. The number of ether oxygens (including phenoxy) is 3. The molecule has 0 spiro atoms. The lowest BCUT2D eigenvalue weighted by Crippen LogP contribution is -2.03. The van der Waals surface area contributed by atoms with Crippen molar-refractivity contribution in [2.24, 2.45) is 0 Å². The summed E-state index contributed by atoms with van der Waals surface area (Å²) in [6.07, 6.45) is 1.62. The molecule has 2 aromatic heterocycles. The van der Waals surface area contributed by atoms with E-state index in [9.17, 15) is 13.2 Å². The second-order valence-electron chi connectivity index (χ2n) is 6.57. The molecule has 2 heterocycles. The molecule has 0 saturated heterocycles. The third kappa shape index (κ3) is 5.08. The van der Waals surface area contributed by atoms with E-state index < -0.39 is 18.2 Å². The number of H-pyrrole nitrogens is 1. The highest BCUT2D eigenvalue weighted by atomic mass is 32.2. The number of pyridine rings is 1. The number of aromatic nitrogens is 3. The van der Waals surface area contributed by atoms with Crippen molar-refractivity contribution in [1.29, 1.82) is 0 Å². The molecule has 0 aliphatic heterocycles. The lowest BCUT2D eigenvalue weighted by Gasteiger charge is -2.14. The van der Waals surface area contributed by atoms with E-state index in [0.29, 0.717) is 45.7 Å². The zero-order valence-electron chi connectivity index (χ0n) is 16.8. The Morgan fingerprint density at radius 1 is 1.09 bits per heavy atom. The van der Waals surface area contributed by atoms with Crippen molar-refractivity contribution < 1.29 is 27.4 Å². The monoisotopic (exact) mass is 461 g/mol. The van der Waals surface area contributed by atoms with Crippen LogP contribution in [-0.4, -0.2) is 28.7 Å². The number of thioether (sulfide) groups is 1. The van der Waals surface area contributed by atoms with Crippen LogP contribution < -0.4 is 14.2 Å². The van der Waals surface area contributed by atoms with E-state index in [0.717, 1.165) is 17.7 Å². The van der Waals surface area contributed by atoms with Gasteiger partial charge >= 0.3 is 6.61 Å². The van der Waals surface area contributed by atoms with Crippen molar-refractivity contribution in [1.82, 2.24) is 15.0 Å². The SMILES string of the molecule is COc1ccnc(CSc2nc3cc(OC(F)F)c(F)cc3[nH]2)c1OCc1ccccc1. The van der Waals surface area contributed by atoms with E-state index in [2.05, 4.69) is 19.7 Å². The topological polar surface area (TPSA) is 69.3 Å². The second-order valence-corrected chi connectivity index (χ2v) is 7.54. The number of alkyl halides is 2. The van der Waals surface area contributed by atoms with E-state index in [1.807, 2.05) is 30.3 Å². The van der Waals surface area contributed by atoms with Crippen LogP contribution in [0.1, 0.15) is 11.3 Å². The van der Waals surface area contributed by atoms with Gasteiger partial charge in [0.05, 0.1) is 23.8 Å². The minimum atomic E-state index is -3.12. The highest BCUT2D eigenvalue weighted by Crippen LogP contribution is 2.34. The van der Waals surface area contributed by atoms with Gasteiger partial charge in [0.25, 0.3) is 0 Å². The summed E-state index contributed by atoms with van der Waals surface area (Å²) in [6.45, 7) is -2.78. The molecule has 4 rings (SSSR count). The van der Waals surface area contributed by atoms with E-state index >= 15 is 0 Å². The largest absolute Gasteiger partial charge is 0.493 e. The fourth-order valence-corrected chi connectivity index (χ4v) is 3.82. The number of fused-ring (bicyclic) bond motifs is 1. The van der Waals surface area contributed by atoms with Crippen molar-refractivity contribution in [3.63, 3.8) is 0 Å². The van der Waals surface area contributed by atoms with Crippen LogP contribution in [0.15, 0.2) is 59.9 Å². The summed E-state index contributed by atoms with van der Waals surface area (Å²) in [5.74, 6) is -0.0110. The molecule has 166 valence electrons. The van der Waals surface area contributed by atoms with Gasteiger partial charge in [-0.15, -0.1) is 0 Å². The molecular weight excluding hydrogens is 443 g/mol. The molecule has 2 aromatic carbocycles. The van der Waals surface area contributed by atoms with Crippen molar-refractivity contribution >= 4 is 22.8 Å². The Hall–Kier alpha value is -3.40. The molecule has 1 N–H and O–H groups in total. The van der Waals surface area contributed by atoms with Crippen LogP contribution in [0.25, 0.3) is 11.0 Å². The first-order chi connectivity index (χ1) is 15.5. The van der Waals surface area contributed by atoms with Crippen LogP contribution in [0.2, 0.25) is 0 Å². The van der Waals surface area contributed by atoms with Crippen LogP contribution in [0, 0.1) is 5.82 Å². The number of rotatable bonds is 9. The summed E-state index contributed by atoms with van der Waals surface area (Å²) in [7, 11) is 1.55. The van der Waals surface area contributed by atoms with Gasteiger partial charge in [-0.3, -0.25) is 4.98 Å². The number of halogens is 3. The summed E-state index contributed by atoms with van der Waals surface area (Å²) in [5.41, 5.74) is 2.31. The number of hydrogen-bond donors (Lipinski definition) is 1. The fourth-order valence-electron chi connectivity index (χ4n) is 3.00. The molecular formula is C22H18F3N3O3S. The van der Waals surface area contributed by atoms with Crippen molar-refractivity contribution in [3.05, 3.63) is 71.8 Å². The third-order valence-corrected chi connectivity index (χ3v) is 5.35. The van der Waals surface area contributed by atoms with Crippen LogP contribution in [0.5, 0.6) is 17.2 Å². The van der Waals surface area contributed by atoms with E-state index in [-0.39, 0.29) is 0 Å². The van der Waals surface area contributed by atoms with Gasteiger partial charge in [0.15, 0.2) is 28.2 Å². The Kier molecular flexibility index (Phi) is 6.69. The van der Waals surface area contributed by atoms with E-state index in [4.69, 9.17) is 9.47 Å². The number of nitrogens with zero attached hydrogens (tertiary/aromatic N) is 2. The Morgan fingerprint density at radius 2 is 1.91 bits per heavy atom. The van der Waals surface area contributed by atoms with Gasteiger partial charge < -0.3 is 19.2 Å². The standard InChI is InChI=1S/C22H18F3N3O3S/c1-29-18-7-8-26-17(20(18)30-11-13-5-3-2-4-6-13)12-32-22-27-15-9-14(23)19(31-21(24)25)10-16(15)28-22/h2-10,21H,11-12H2,1H3,(H,27,28). The van der Waals surface area contributed by atoms with E-state index in [1.165, 1.54) is 11.8 Å². The molecule has 0 bridgehead atoms. The lowest BCUT2D eigenvalue weighted by atomic mass is 10.2. The maximum absolute atomic E-state index is 13.9. The molecule has 32 heavy (non-hydrogen) atoms. The van der Waals surface area contributed by atoms with Crippen LogP contribution in [0.4, 0.5) is 13.2 Å². The molecule has 6 nitrogen and oxygen atoms in total. The molecule has 0 aliphatic rings. The maximum Gasteiger partial charge on any atom is 0.387 e. The smallest absolute Gasteiger partial charge is 0.387 e. The quantitative estimate of drug-likeness (QED) is 0.328. The number of methoxy groups -OCH3 is 1. The van der Waals surface area contributed by atoms with Crippen LogP contribution in [-0.2, 0) is 12.4 Å². The van der Waals surface area contributed by atoms with Crippen molar-refractivity contribution in [2.45, 2.75) is 24.1 Å². The van der Waals surface area contributed by atoms with Gasteiger partial charge in [-0.1, -0.05) is 42.1 Å². The zero-order valence-corrected chi connectivity index (χ0v) is 17.7. The molecule has 0 radical (unpaired) electrons. The number of hydrogen-bond acceptors (Lipinski definition) is 6. The Bertz CT molecular complexity index is 1210. The predicted octanol–water partition coefficient (Wildman–Crippen LogP) is 5.58. The van der Waals surface area contributed by atoms with Crippen LogP contribution >= 0.6 is 11.8 Å². The average molecular weight is 461 g/mol. The van der Waals surface area contributed by atoms with Crippen molar-refractivity contribution in [2.75, 3.05) is 7.11 Å². The first kappa shape index (κ1) is 21.8. The lowest BCUT2D eigenvalue weighted by molar-refractivity contribution is -0.0520. The highest BCUT2D eigenvalue weighted by Gasteiger charge is 2.16. The van der Waals surface area contributed by atoms with Gasteiger partial charge in [-0.25, -0.2) is 9.37 Å². The second kappa shape index (κ2) is 9.82. The van der Waals surface area contributed by atoms with Crippen LogP contribution in [0.3, 0.4) is 0 Å². The molecule has 0 amide bonds. The molecule has 0 saturated carbocycles. The summed E-state index contributed by atoms with van der Waals surface area (Å²) in [6, 6.07) is 13.6. The summed E-state index contributed by atoms with van der Waals surface area (Å²) >= 11 is 1.30. The summed E-state index contributed by atoms with van der Waals surface area (Å²) in [5, 5.41) is 0.465. The third-order valence-electron chi connectivity index (χ3n) is 4.46. The Labute approximate surface area is 185 Å². The normalized spacial score (nSPS) is 11.2. The minimum absolute atomic E-state index is 0.309. The van der Waals surface area contributed by atoms with Gasteiger partial charge in [0.2, 0.25) is 0 Å². The maximum atomic E-state index is 13.9. The molecule has 4 aromatic rings. The van der Waals surface area contributed by atoms with Gasteiger partial charge in [-0.2, -0.15) is 8.78 Å². The number of benzene rings is 2. The first-order valence-corrected chi connectivity index (χ1v) is 10.5. The predicted molar refractivity (Wildman–Crippen MR) is 114 cm³/mol. The minimum Gasteiger partial charge on any atom is -0.493 e. The number of nitrogens with one attached hydrogen (secondary N) is 1. The highest BCUT2D eigenvalue weighted by molar-refractivity contribution is 7.98.